The molecule has 1 heterocycles. The second-order valence-electron chi connectivity index (χ2n) is 8.05. The lowest BCUT2D eigenvalue weighted by molar-refractivity contribution is -0.120. The number of hydrogen-bond donors (Lipinski definition) is 1. The first-order valence-electron chi connectivity index (χ1n) is 11.7. The molecular weight excluding hydrogens is 392 g/mol. The average Bonchev–Trinajstić information content (AvgIpc) is 2.78. The van der Waals surface area contributed by atoms with Gasteiger partial charge in [0, 0.05) is 39.1 Å². The van der Waals surface area contributed by atoms with Crippen LogP contribution in [0.25, 0.3) is 0 Å². The Kier molecular flexibility index (Phi) is 7.45. The van der Waals surface area contributed by atoms with E-state index in [2.05, 4.69) is 4.90 Å². The van der Waals surface area contributed by atoms with Crippen molar-refractivity contribution >= 4 is 5.78 Å². The molecule has 1 atom stereocenters. The van der Waals surface area contributed by atoms with Gasteiger partial charge in [-0.2, -0.15) is 0 Å². The van der Waals surface area contributed by atoms with Crippen LogP contribution in [-0.2, 0) is 11.2 Å². The average molecular weight is 429 g/mol. The number of hydrogen-bond acceptors (Lipinski definition) is 6. The quantitative estimate of drug-likeness (QED) is 0.627. The number of piperazine rings is 1. The van der Waals surface area contributed by atoms with Crippen LogP contribution in [0.5, 0.6) is 11.5 Å². The van der Waals surface area contributed by atoms with Gasteiger partial charge in [-0.25, -0.2) is 0 Å². The summed E-state index contributed by atoms with van der Waals surface area (Å²) < 4.78 is 27.0. The van der Waals surface area contributed by atoms with Crippen molar-refractivity contribution in [1.82, 2.24) is 9.80 Å². The lowest BCUT2D eigenvalue weighted by Gasteiger charge is -2.35. The molecule has 168 valence electrons. The molecule has 6 heteroatoms. The Morgan fingerprint density at radius 2 is 1.65 bits per heavy atom. The molecule has 6 nitrogen and oxygen atoms in total. The lowest BCUT2D eigenvalue weighted by Crippen LogP contribution is -2.50. The molecule has 2 aromatic carbocycles. The summed E-state index contributed by atoms with van der Waals surface area (Å²) in [6.07, 6.45) is -0.891. The molecule has 0 radical (unpaired) electrons. The number of para-hydroxylation sites is 2. The van der Waals surface area contributed by atoms with Gasteiger partial charge in [-0.1, -0.05) is 30.3 Å². The van der Waals surface area contributed by atoms with Crippen LogP contribution >= 0.6 is 0 Å². The van der Waals surface area contributed by atoms with Crippen molar-refractivity contribution in [3.63, 3.8) is 0 Å². The minimum absolute atomic E-state index is 0.145. The monoisotopic (exact) mass is 428 g/mol. The number of Topliss-reactive ketones (excluding diaryl/α,β-unsaturated/α-hetero) is 1. The number of aryl methyl sites for hydroxylation is 2. The highest BCUT2D eigenvalue weighted by Crippen LogP contribution is 2.25. The molecule has 31 heavy (non-hydrogen) atoms. The van der Waals surface area contributed by atoms with Crippen molar-refractivity contribution in [3.05, 3.63) is 59.2 Å². The number of carbonyl (C=O) groups is 1. The number of ether oxygens (including phenoxy) is 2. The minimum atomic E-state index is -2.27. The summed E-state index contributed by atoms with van der Waals surface area (Å²) in [5.41, 5.74) is 3.40. The normalized spacial score (nSPS) is 17.5. The van der Waals surface area contributed by atoms with Gasteiger partial charge in [-0.3, -0.25) is 14.6 Å². The third-order valence-electron chi connectivity index (χ3n) is 5.69. The van der Waals surface area contributed by atoms with E-state index in [0.29, 0.717) is 44.9 Å². The highest BCUT2D eigenvalue weighted by molar-refractivity contribution is 5.83. The summed E-state index contributed by atoms with van der Waals surface area (Å²) >= 11 is 0. The Labute approximate surface area is 188 Å². The van der Waals surface area contributed by atoms with Crippen LogP contribution in [-0.4, -0.2) is 79.7 Å². The molecule has 0 saturated carbocycles. The molecule has 0 aliphatic carbocycles. The number of rotatable bonds is 10. The summed E-state index contributed by atoms with van der Waals surface area (Å²) in [5.74, 6) is 0.853. The van der Waals surface area contributed by atoms with Crippen molar-refractivity contribution in [1.29, 1.82) is 0 Å². The van der Waals surface area contributed by atoms with Crippen LogP contribution < -0.4 is 9.47 Å². The van der Waals surface area contributed by atoms with Gasteiger partial charge in [0.05, 0.1) is 16.4 Å². The smallest absolute Gasteiger partial charge is 0.161 e. The molecule has 2 aromatic rings. The largest absolute Gasteiger partial charge is 0.493 e. The first-order valence-corrected chi connectivity index (χ1v) is 10.7. The zero-order chi connectivity index (χ0) is 24.0. The van der Waals surface area contributed by atoms with Gasteiger partial charge < -0.3 is 14.6 Å². The van der Waals surface area contributed by atoms with E-state index in [-0.39, 0.29) is 18.1 Å². The molecule has 1 unspecified atom stereocenters. The maximum absolute atomic E-state index is 12.6. The predicted octanol–water partition coefficient (Wildman–Crippen LogP) is 2.48. The van der Waals surface area contributed by atoms with Crippen molar-refractivity contribution in [2.75, 3.05) is 52.9 Å². The molecule has 3 rings (SSSR count). The van der Waals surface area contributed by atoms with Crippen molar-refractivity contribution in [3.8, 4) is 11.5 Å². The standard InChI is InChI=1S/C25H34N2O4/c1-19-7-6-8-20(2)23(19)15-21(28)16-26-11-13-27(14-12-26)17-22(29)18-31-25-10-5-4-9-24(25)30-3/h4-10,22,29H,11-18H2,1-3H3/i18D2. The molecule has 0 spiro atoms. The number of nitrogens with zero attached hydrogens (tertiary/aromatic N) is 2. The number of β-amino-alcohol motifs (C(OH)–C–C–N with tert-alkyl or cyclic N) is 1. The second kappa shape index (κ2) is 11.3. The first-order chi connectivity index (χ1) is 15.7. The highest BCUT2D eigenvalue weighted by atomic mass is 16.5. The summed E-state index contributed by atoms with van der Waals surface area (Å²) in [5, 5.41) is 10.5. The molecule has 1 aliphatic heterocycles. The molecule has 1 aliphatic rings. The van der Waals surface area contributed by atoms with E-state index in [1.54, 1.807) is 24.3 Å². The van der Waals surface area contributed by atoms with E-state index in [1.165, 1.54) is 7.11 Å². The van der Waals surface area contributed by atoms with Crippen LogP contribution in [0.4, 0.5) is 0 Å². The maximum atomic E-state index is 12.6. The molecule has 0 aromatic heterocycles. The van der Waals surface area contributed by atoms with Crippen molar-refractivity contribution in [2.24, 2.45) is 0 Å². The van der Waals surface area contributed by atoms with Crippen LogP contribution in [0.1, 0.15) is 19.4 Å². The van der Waals surface area contributed by atoms with Gasteiger partial charge in [0.1, 0.15) is 12.7 Å². The Hall–Kier alpha value is -2.41. The number of aliphatic hydroxyl groups excluding tert-OH is 1. The van der Waals surface area contributed by atoms with E-state index in [4.69, 9.17) is 12.2 Å². The van der Waals surface area contributed by atoms with Gasteiger partial charge in [0.15, 0.2) is 17.3 Å². The fourth-order valence-corrected chi connectivity index (χ4v) is 3.88. The van der Waals surface area contributed by atoms with E-state index < -0.39 is 12.7 Å². The van der Waals surface area contributed by atoms with Gasteiger partial charge in [-0.15, -0.1) is 0 Å². The van der Waals surface area contributed by atoms with Crippen molar-refractivity contribution in [2.45, 2.75) is 26.4 Å². The maximum Gasteiger partial charge on any atom is 0.161 e. The van der Waals surface area contributed by atoms with Crippen LogP contribution in [0.15, 0.2) is 42.5 Å². The summed E-state index contributed by atoms with van der Waals surface area (Å²) in [6, 6.07) is 12.9. The summed E-state index contributed by atoms with van der Waals surface area (Å²) in [4.78, 5) is 16.8. The summed E-state index contributed by atoms with van der Waals surface area (Å²) in [7, 11) is 1.49. The lowest BCUT2D eigenvalue weighted by atomic mass is 9.98. The van der Waals surface area contributed by atoms with Crippen LogP contribution in [0, 0.1) is 13.8 Å². The van der Waals surface area contributed by atoms with Crippen LogP contribution in [0.3, 0.4) is 0 Å². The number of carbonyl (C=O) groups excluding carboxylic acids is 1. The fourth-order valence-electron chi connectivity index (χ4n) is 3.88. The molecular formula is C25H34N2O4. The Balaban J connectivity index is 1.47. The molecule has 0 bridgehead atoms. The minimum Gasteiger partial charge on any atom is -0.493 e. The topological polar surface area (TPSA) is 62.2 Å². The van der Waals surface area contributed by atoms with Crippen LogP contribution in [0.2, 0.25) is 0 Å². The third-order valence-corrected chi connectivity index (χ3v) is 5.69. The number of benzene rings is 2. The van der Waals surface area contributed by atoms with E-state index >= 15 is 0 Å². The van der Waals surface area contributed by atoms with Crippen molar-refractivity contribution < 1.29 is 22.1 Å². The Morgan fingerprint density at radius 1 is 1.03 bits per heavy atom. The molecule has 1 N–H and O–H groups in total. The SMILES string of the molecule is [2H]C([2H])(Oc1ccccc1OC)C(O)CN1CCN(CC(=O)Cc2c(C)cccc2C)CC1. The zero-order valence-electron chi connectivity index (χ0n) is 20.6. The highest BCUT2D eigenvalue weighted by Gasteiger charge is 2.21. The predicted molar refractivity (Wildman–Crippen MR) is 122 cm³/mol. The summed E-state index contributed by atoms with van der Waals surface area (Å²) in [6.45, 7) is 5.05. The fraction of sp³-hybridized carbons (Fsp3) is 0.480. The number of aliphatic hydroxyl groups is 1. The van der Waals surface area contributed by atoms with Gasteiger partial charge in [0.25, 0.3) is 0 Å². The number of methoxy groups -OCH3 is 1. The molecule has 0 amide bonds. The first kappa shape index (κ1) is 20.5. The van der Waals surface area contributed by atoms with E-state index in [9.17, 15) is 9.90 Å². The molecule has 1 fully saturated rings. The van der Waals surface area contributed by atoms with Gasteiger partial charge in [0.2, 0.25) is 0 Å². The van der Waals surface area contributed by atoms with E-state index in [0.717, 1.165) is 16.7 Å². The van der Waals surface area contributed by atoms with E-state index in [1.807, 2.05) is 36.9 Å². The zero-order valence-corrected chi connectivity index (χ0v) is 18.6. The molecule has 1 saturated heterocycles. The Bertz CT molecular complexity index is 926. The van der Waals surface area contributed by atoms with Gasteiger partial charge in [-0.05, 0) is 42.7 Å². The Morgan fingerprint density at radius 3 is 2.29 bits per heavy atom. The van der Waals surface area contributed by atoms with Gasteiger partial charge >= 0.3 is 0 Å². The second-order valence-corrected chi connectivity index (χ2v) is 8.05. The number of ketones is 1. The third kappa shape index (κ3) is 6.79.